The Morgan fingerprint density at radius 2 is 1.39 bits per heavy atom. The third kappa shape index (κ3) is 18.1. The summed E-state index contributed by atoms with van der Waals surface area (Å²) in [6.07, 6.45) is -12.7. The molecule has 9 rings (SSSR count). The maximum atomic E-state index is 16.8. The number of benzene rings is 1. The number of ketones is 3. The Morgan fingerprint density at radius 3 is 2.00 bits per heavy atom. The minimum Gasteiger partial charge on any atom is -0.447 e. The van der Waals surface area contributed by atoms with Crippen LogP contribution in [0.3, 0.4) is 0 Å². The summed E-state index contributed by atoms with van der Waals surface area (Å²) in [6, 6.07) is 3.92. The van der Waals surface area contributed by atoms with E-state index in [2.05, 4.69) is 45.9 Å². The number of likely N-dealkylation sites (tertiary alicyclic amines) is 1. The molecule has 39 heteroatoms. The zero-order valence-corrected chi connectivity index (χ0v) is 53.6. The molecule has 93 heavy (non-hydrogen) atoms. The van der Waals surface area contributed by atoms with Gasteiger partial charge in [-0.3, -0.25) is 47.6 Å². The maximum absolute atomic E-state index is 16.8. The number of nitrogen functional groups attached to an aromatic ring is 1. The van der Waals surface area contributed by atoms with E-state index in [1.165, 1.54) is 17.8 Å². The van der Waals surface area contributed by atoms with Crippen LogP contribution in [0.25, 0.3) is 22.3 Å². The molecule has 0 spiro atoms. The molecule has 4 aromatic heterocycles. The van der Waals surface area contributed by atoms with Crippen molar-refractivity contribution in [2.24, 2.45) is 17.6 Å². The minimum atomic E-state index is -4.45. The van der Waals surface area contributed by atoms with E-state index in [1.54, 1.807) is 38.1 Å². The molecule has 4 aliphatic heterocycles. The van der Waals surface area contributed by atoms with Crippen LogP contribution in [0.1, 0.15) is 82.9 Å². The fourth-order valence-electron chi connectivity index (χ4n) is 10.8. The number of nitrogens with one attached hydrogen (secondary N) is 3. The second-order valence-corrected chi connectivity index (χ2v) is 28.2. The highest BCUT2D eigenvalue weighted by molar-refractivity contribution is 8.07. The van der Waals surface area contributed by atoms with Crippen LogP contribution in [0, 0.1) is 11.8 Å². The highest BCUT2D eigenvalue weighted by Gasteiger charge is 2.54. The van der Waals surface area contributed by atoms with Crippen LogP contribution >= 0.6 is 13.4 Å². The van der Waals surface area contributed by atoms with E-state index >= 15 is 8.78 Å². The van der Waals surface area contributed by atoms with Gasteiger partial charge in [0.15, 0.2) is 59.0 Å². The molecular formula is C54H69F3N14O18P2S2. The van der Waals surface area contributed by atoms with Crippen molar-refractivity contribution in [1.29, 1.82) is 0 Å². The number of primary amides is 1. The molecule has 0 saturated carbocycles. The SMILES string of the molecule is CC(=O)CCOCCC(=O)N[C@H](C(=O)C[C@@H](CCCNC(N)=O)C(=O)Cc1ccc(COC(=O)N2C[C@@H](F)C[C@H]2COC(=O)Nc2ncnc3c2ncn3[C@@H]2O[C@@H]3COP(O)(=S)O[C@H]4[C@@H](F)[C@H](n5cnc6c(N)ncnc65)O[C@@H]4COP(O)(=S)O[C@H]3[C@H]2F)cc1)C(C)C. The Kier molecular flexibility index (Phi) is 23.6. The van der Waals surface area contributed by atoms with Crippen molar-refractivity contribution in [3.8, 4) is 0 Å². The number of carbonyl (C=O) groups excluding carboxylic acids is 7. The van der Waals surface area contributed by atoms with Crippen molar-refractivity contribution in [3.63, 3.8) is 0 Å². The summed E-state index contributed by atoms with van der Waals surface area (Å²) in [7, 11) is 0. The highest BCUT2D eigenvalue weighted by atomic mass is 32.5. The van der Waals surface area contributed by atoms with E-state index in [0.717, 1.165) is 28.4 Å². The largest absolute Gasteiger partial charge is 0.447 e. The molecule has 1 aromatic carbocycles. The topological polar surface area (TPSA) is 422 Å². The number of nitrogens with two attached hydrogens (primary N) is 2. The van der Waals surface area contributed by atoms with Gasteiger partial charge in [-0.15, -0.1) is 0 Å². The molecule has 4 fully saturated rings. The molecular weight excluding hydrogens is 1320 g/mol. The van der Waals surface area contributed by atoms with Crippen LogP contribution in [-0.4, -0.2) is 196 Å². The molecule has 32 nitrogen and oxygen atoms in total. The van der Waals surface area contributed by atoms with E-state index in [4.69, 9.17) is 76.9 Å². The van der Waals surface area contributed by atoms with Gasteiger partial charge in [-0.2, -0.15) is 0 Å². The Balaban J connectivity index is 0.766. The number of carbonyl (C=O) groups is 7. The molecule has 14 atom stereocenters. The number of Topliss-reactive ketones (excluding diaryl/α,β-unsaturated/α-hetero) is 3. The van der Waals surface area contributed by atoms with Gasteiger partial charge in [0.25, 0.3) is 0 Å². The quantitative estimate of drug-likeness (QED) is 0.0321. The molecule has 2 unspecified atom stereocenters. The average Bonchev–Trinajstić information content (AvgIpc) is 1.63. The Morgan fingerprint density at radius 1 is 0.796 bits per heavy atom. The van der Waals surface area contributed by atoms with Crippen LogP contribution in [0.5, 0.6) is 0 Å². The van der Waals surface area contributed by atoms with Crippen molar-refractivity contribution in [3.05, 3.63) is 60.7 Å². The van der Waals surface area contributed by atoms with Crippen molar-refractivity contribution in [1.82, 2.24) is 54.6 Å². The van der Waals surface area contributed by atoms with Crippen LogP contribution in [-0.2, 0) is 97.6 Å². The third-order valence-corrected chi connectivity index (χ3v) is 18.6. The molecule has 9 N–H and O–H groups in total. The first-order valence-corrected chi connectivity index (χ1v) is 34.5. The maximum Gasteiger partial charge on any atom is 0.412 e. The molecule has 4 aliphatic rings. The number of urea groups is 1. The van der Waals surface area contributed by atoms with E-state index in [-0.39, 0.29) is 129 Å². The highest BCUT2D eigenvalue weighted by Crippen LogP contribution is 2.55. The van der Waals surface area contributed by atoms with E-state index in [0.29, 0.717) is 17.5 Å². The summed E-state index contributed by atoms with van der Waals surface area (Å²) < 4.78 is 101. The van der Waals surface area contributed by atoms with Gasteiger partial charge >= 0.3 is 31.7 Å². The van der Waals surface area contributed by atoms with Crippen molar-refractivity contribution in [2.45, 2.75) is 140 Å². The minimum absolute atomic E-state index is 0.00856. The molecule has 5 aromatic rings. The second-order valence-electron chi connectivity index (χ2n) is 22.6. The van der Waals surface area contributed by atoms with Gasteiger partial charge < -0.3 is 64.6 Å². The lowest BCUT2D eigenvalue weighted by molar-refractivity contribution is -0.132. The lowest BCUT2D eigenvalue weighted by atomic mass is 9.85. The summed E-state index contributed by atoms with van der Waals surface area (Å²) in [5, 5.41) is 7.64. The summed E-state index contributed by atoms with van der Waals surface area (Å²) >= 11 is 10.5. The molecule has 8 heterocycles. The number of rotatable bonds is 25. The van der Waals surface area contributed by atoms with Gasteiger partial charge in [-0.1, -0.05) is 38.1 Å². The summed E-state index contributed by atoms with van der Waals surface area (Å²) in [5.74, 6) is -2.42. The molecule has 506 valence electrons. The number of alkyl halides is 3. The van der Waals surface area contributed by atoms with E-state index in [1.807, 2.05) is 0 Å². The first-order valence-electron chi connectivity index (χ1n) is 29.3. The number of aromatic nitrogens is 8. The standard InChI is InChI=1S/C54H69F3N14O18P2S2/c1-27(2)41(67-38(75)11-14-81-13-10-28(3)72)35(74)16-31(5-4-12-60-52(59)76)34(73)15-29-6-8-30(9-7-29)19-83-54(78)69-18-32(55)17-33(69)20-82-53(77)68-47-43-49(64-24-62-47)71(26-66-43)51-40(57)45-37(87-51)22-85-90(79,92)88-44-36(21-84-91(80,93)89-45)86-50(39(44)56)70-25-65-42-46(58)61-23-63-48(42)70/h6-9,23-27,31-33,36-37,39-41,44-45,50-51H,4-5,10-22H2,1-3H3,(H,67,75)(H,79,92)(H,80,93)(H2,58,61,63)(H3,59,60,76)(H,62,64,68,77)/t31-,32+,33+,36-,37-,39-,40-,41+,44-,45-,50-,51-,90?,91?/m1/s1. The number of ether oxygens (including phenoxy) is 5. The number of imidazole rings is 2. The van der Waals surface area contributed by atoms with Crippen LogP contribution in [0.2, 0.25) is 0 Å². The smallest absolute Gasteiger partial charge is 0.412 e. The van der Waals surface area contributed by atoms with Crippen molar-refractivity contribution in [2.75, 3.05) is 57.2 Å². The zero-order valence-electron chi connectivity index (χ0n) is 50.2. The summed E-state index contributed by atoms with van der Waals surface area (Å²) in [5.41, 5.74) is 12.2. The van der Waals surface area contributed by atoms with Gasteiger partial charge in [0.1, 0.15) is 73.5 Å². The van der Waals surface area contributed by atoms with E-state index in [9.17, 15) is 47.7 Å². The Bertz CT molecular complexity index is 3640. The second kappa shape index (κ2) is 31.1. The number of hydrogen-bond acceptors (Lipinski definition) is 25. The molecule has 5 amide bonds. The van der Waals surface area contributed by atoms with Gasteiger partial charge in [0, 0.05) is 44.6 Å². The first-order chi connectivity index (χ1) is 44.2. The lowest BCUT2D eigenvalue weighted by Gasteiger charge is -2.29. The number of anilines is 2. The number of hydrogen-bond donors (Lipinski definition) is 7. The predicted octanol–water partition coefficient (Wildman–Crippen LogP) is 3.93. The number of amides is 5. The molecule has 4 saturated heterocycles. The van der Waals surface area contributed by atoms with Crippen LogP contribution < -0.4 is 27.4 Å². The third-order valence-electron chi connectivity index (χ3n) is 15.5. The number of halogens is 3. The van der Waals surface area contributed by atoms with Crippen molar-refractivity contribution >= 4 is 112 Å². The van der Waals surface area contributed by atoms with Crippen molar-refractivity contribution < 1.29 is 98.3 Å². The monoisotopic (exact) mass is 1380 g/mol. The first kappa shape index (κ1) is 70.5. The molecule has 0 aliphatic carbocycles. The van der Waals surface area contributed by atoms with E-state index < -0.39 is 131 Å². The van der Waals surface area contributed by atoms with Gasteiger partial charge in [-0.25, -0.2) is 57.5 Å². The van der Waals surface area contributed by atoms with Gasteiger partial charge in [0.05, 0.1) is 57.7 Å². The van der Waals surface area contributed by atoms with Gasteiger partial charge in [0.2, 0.25) is 5.91 Å². The fourth-order valence-corrected chi connectivity index (χ4v) is 13.6. The van der Waals surface area contributed by atoms with Gasteiger partial charge in [-0.05, 0) is 60.4 Å². The molecule has 0 radical (unpaired) electrons. The molecule has 0 bridgehead atoms. The number of nitrogens with zero attached hydrogens (tertiary/aromatic N) is 9. The zero-order chi connectivity index (χ0) is 66.9. The normalized spacial score (nSPS) is 27.1. The Labute approximate surface area is 538 Å². The number of fused-ring (bicyclic) bond motifs is 4. The average molecular weight is 1390 g/mol. The lowest BCUT2D eigenvalue weighted by Crippen LogP contribution is -2.45. The summed E-state index contributed by atoms with van der Waals surface area (Å²) in [4.78, 5) is 138. The summed E-state index contributed by atoms with van der Waals surface area (Å²) in [6.45, 7) is -6.14. The fraction of sp³-hybridized carbons (Fsp3) is 0.574. The predicted molar refractivity (Wildman–Crippen MR) is 325 cm³/mol. The van der Waals surface area contributed by atoms with Crippen LogP contribution in [0.4, 0.5) is 39.2 Å². The van der Waals surface area contributed by atoms with Crippen LogP contribution in [0.15, 0.2) is 49.6 Å². The Hall–Kier alpha value is -6.86.